The lowest BCUT2D eigenvalue weighted by Crippen LogP contribution is -2.47. The number of likely N-dealkylation sites (tertiary alicyclic amines) is 1. The summed E-state index contributed by atoms with van der Waals surface area (Å²) in [4.78, 5) is 14.8. The Labute approximate surface area is 124 Å². The smallest absolute Gasteiger partial charge is 0.317 e. The van der Waals surface area contributed by atoms with Crippen molar-refractivity contribution in [1.82, 2.24) is 10.2 Å². The number of aliphatic hydroxyl groups is 1. The first-order valence-corrected chi connectivity index (χ1v) is 8.13. The predicted molar refractivity (Wildman–Crippen MR) is 82.0 cm³/mol. The maximum absolute atomic E-state index is 11.9. The highest BCUT2D eigenvalue weighted by atomic mass is 32.2. The Morgan fingerprint density at radius 1 is 1.40 bits per heavy atom. The number of thioether (sulfide) groups is 1. The molecule has 1 atom stereocenters. The molecular formula is C15H22N2O2S. The van der Waals surface area contributed by atoms with E-state index in [1.807, 2.05) is 18.2 Å². The molecule has 1 aromatic rings. The summed E-state index contributed by atoms with van der Waals surface area (Å²) < 4.78 is 0. The minimum absolute atomic E-state index is 0.0477. The van der Waals surface area contributed by atoms with Gasteiger partial charge in [0.1, 0.15) is 0 Å². The van der Waals surface area contributed by atoms with Crippen LogP contribution in [0.5, 0.6) is 0 Å². The molecule has 4 nitrogen and oxygen atoms in total. The molecule has 1 saturated heterocycles. The van der Waals surface area contributed by atoms with Crippen LogP contribution < -0.4 is 5.32 Å². The van der Waals surface area contributed by atoms with Crippen molar-refractivity contribution in [3.8, 4) is 0 Å². The number of amides is 2. The van der Waals surface area contributed by atoms with Gasteiger partial charge in [0.05, 0.1) is 6.10 Å². The third-order valence-corrected chi connectivity index (χ3v) is 4.39. The Morgan fingerprint density at radius 2 is 2.20 bits per heavy atom. The van der Waals surface area contributed by atoms with Crippen LogP contribution in [0.1, 0.15) is 19.3 Å². The average Bonchev–Trinajstić information content (AvgIpc) is 2.48. The van der Waals surface area contributed by atoms with Gasteiger partial charge in [-0.25, -0.2) is 4.79 Å². The van der Waals surface area contributed by atoms with Crippen molar-refractivity contribution in [2.75, 3.05) is 25.4 Å². The number of aliphatic hydroxyl groups excluding tert-OH is 1. The fraction of sp³-hybridized carbons (Fsp3) is 0.533. The second-order valence-corrected chi connectivity index (χ2v) is 6.16. The molecular weight excluding hydrogens is 272 g/mol. The van der Waals surface area contributed by atoms with E-state index < -0.39 is 0 Å². The Morgan fingerprint density at radius 3 is 2.95 bits per heavy atom. The van der Waals surface area contributed by atoms with Gasteiger partial charge in [-0.15, -0.1) is 11.8 Å². The van der Waals surface area contributed by atoms with Crippen LogP contribution in [0, 0.1) is 0 Å². The summed E-state index contributed by atoms with van der Waals surface area (Å²) in [6.07, 6.45) is 2.28. The number of nitrogens with one attached hydrogen (secondary N) is 1. The van der Waals surface area contributed by atoms with Crippen LogP contribution in [-0.2, 0) is 0 Å². The molecule has 0 saturated carbocycles. The molecule has 1 aliphatic rings. The predicted octanol–water partition coefficient (Wildman–Crippen LogP) is 2.34. The molecule has 110 valence electrons. The molecule has 1 fully saturated rings. The molecule has 0 spiro atoms. The molecule has 0 aliphatic carbocycles. The summed E-state index contributed by atoms with van der Waals surface area (Å²) >= 11 is 1.80. The van der Waals surface area contributed by atoms with Crippen molar-refractivity contribution in [3.05, 3.63) is 30.3 Å². The van der Waals surface area contributed by atoms with Crippen LogP contribution in [-0.4, -0.2) is 47.5 Å². The number of piperidine rings is 1. The van der Waals surface area contributed by atoms with Gasteiger partial charge in [-0.3, -0.25) is 0 Å². The summed E-state index contributed by atoms with van der Waals surface area (Å²) in [6.45, 7) is 1.90. The second kappa shape index (κ2) is 8.17. The van der Waals surface area contributed by atoms with Crippen LogP contribution in [0.2, 0.25) is 0 Å². The van der Waals surface area contributed by atoms with Gasteiger partial charge in [0.15, 0.2) is 0 Å². The molecule has 0 bridgehead atoms. The molecule has 1 aliphatic heterocycles. The highest BCUT2D eigenvalue weighted by Gasteiger charge is 2.21. The van der Waals surface area contributed by atoms with E-state index in [0.29, 0.717) is 13.1 Å². The number of carbonyl (C=O) groups excluding carboxylic acids is 1. The maximum Gasteiger partial charge on any atom is 0.317 e. The number of hydrogen-bond donors (Lipinski definition) is 2. The standard InChI is InChI=1S/C15H22N2O2S/c18-13-6-4-10-17(12-13)15(19)16-9-5-11-20-14-7-2-1-3-8-14/h1-3,7-8,13,18H,4-6,9-12H2,(H,16,19). The Balaban J connectivity index is 1.57. The topological polar surface area (TPSA) is 52.6 Å². The van der Waals surface area contributed by atoms with Crippen LogP contribution in [0.4, 0.5) is 4.79 Å². The van der Waals surface area contributed by atoms with E-state index in [1.165, 1.54) is 4.90 Å². The molecule has 1 aromatic carbocycles. The lowest BCUT2D eigenvalue weighted by Gasteiger charge is -2.30. The van der Waals surface area contributed by atoms with Crippen molar-refractivity contribution in [1.29, 1.82) is 0 Å². The van der Waals surface area contributed by atoms with E-state index in [9.17, 15) is 9.90 Å². The summed E-state index contributed by atoms with van der Waals surface area (Å²) in [7, 11) is 0. The van der Waals surface area contributed by atoms with E-state index in [4.69, 9.17) is 0 Å². The molecule has 20 heavy (non-hydrogen) atoms. The van der Waals surface area contributed by atoms with E-state index >= 15 is 0 Å². The number of β-amino-alcohol motifs (C(OH)–C–C–N with tert-alkyl or cyclic N) is 1. The first-order chi connectivity index (χ1) is 9.75. The van der Waals surface area contributed by atoms with Gasteiger partial charge in [-0.05, 0) is 37.1 Å². The highest BCUT2D eigenvalue weighted by Crippen LogP contribution is 2.17. The van der Waals surface area contributed by atoms with E-state index in [2.05, 4.69) is 17.4 Å². The van der Waals surface area contributed by atoms with Crippen molar-refractivity contribution in [2.45, 2.75) is 30.3 Å². The lowest BCUT2D eigenvalue weighted by atomic mass is 10.1. The van der Waals surface area contributed by atoms with Crippen molar-refractivity contribution in [2.24, 2.45) is 0 Å². The molecule has 5 heteroatoms. The monoisotopic (exact) mass is 294 g/mol. The minimum Gasteiger partial charge on any atom is -0.391 e. The zero-order chi connectivity index (χ0) is 14.2. The number of hydrogen-bond acceptors (Lipinski definition) is 3. The third kappa shape index (κ3) is 5.06. The van der Waals surface area contributed by atoms with Crippen LogP contribution >= 0.6 is 11.8 Å². The molecule has 0 radical (unpaired) electrons. The maximum atomic E-state index is 11.9. The van der Waals surface area contributed by atoms with E-state index in [0.717, 1.165) is 31.6 Å². The fourth-order valence-corrected chi connectivity index (χ4v) is 3.10. The SMILES string of the molecule is O=C(NCCCSc1ccccc1)N1CCCC(O)C1. The molecule has 2 rings (SSSR count). The molecule has 1 unspecified atom stereocenters. The van der Waals surface area contributed by atoms with Crippen molar-refractivity contribution < 1.29 is 9.90 Å². The summed E-state index contributed by atoms with van der Waals surface area (Å²) in [5.41, 5.74) is 0. The van der Waals surface area contributed by atoms with Crippen molar-refractivity contribution in [3.63, 3.8) is 0 Å². The van der Waals surface area contributed by atoms with Gasteiger partial charge < -0.3 is 15.3 Å². The summed E-state index contributed by atoms with van der Waals surface area (Å²) in [5, 5.41) is 12.5. The van der Waals surface area contributed by atoms with Crippen LogP contribution in [0.25, 0.3) is 0 Å². The van der Waals surface area contributed by atoms with Gasteiger partial charge >= 0.3 is 6.03 Å². The molecule has 1 heterocycles. The number of nitrogens with zero attached hydrogens (tertiary/aromatic N) is 1. The normalized spacial score (nSPS) is 18.9. The quantitative estimate of drug-likeness (QED) is 0.647. The van der Waals surface area contributed by atoms with Gasteiger partial charge in [0, 0.05) is 24.5 Å². The van der Waals surface area contributed by atoms with Crippen molar-refractivity contribution >= 4 is 17.8 Å². The number of rotatable bonds is 5. The average molecular weight is 294 g/mol. The van der Waals surface area contributed by atoms with E-state index in [1.54, 1.807) is 16.7 Å². The third-order valence-electron chi connectivity index (χ3n) is 3.29. The Hall–Kier alpha value is -1.20. The highest BCUT2D eigenvalue weighted by molar-refractivity contribution is 7.99. The number of urea groups is 1. The summed E-state index contributed by atoms with van der Waals surface area (Å²) in [6, 6.07) is 10.2. The van der Waals surface area contributed by atoms with Gasteiger partial charge in [0.25, 0.3) is 0 Å². The van der Waals surface area contributed by atoms with Crippen LogP contribution in [0.3, 0.4) is 0 Å². The van der Waals surface area contributed by atoms with Gasteiger partial charge in [0.2, 0.25) is 0 Å². The van der Waals surface area contributed by atoms with Gasteiger partial charge in [-0.2, -0.15) is 0 Å². The van der Waals surface area contributed by atoms with E-state index in [-0.39, 0.29) is 12.1 Å². The lowest BCUT2D eigenvalue weighted by molar-refractivity contribution is 0.0843. The zero-order valence-corrected chi connectivity index (χ0v) is 12.4. The fourth-order valence-electron chi connectivity index (χ4n) is 2.23. The summed E-state index contributed by atoms with van der Waals surface area (Å²) in [5.74, 6) is 0.993. The Kier molecular flexibility index (Phi) is 6.21. The Bertz CT molecular complexity index is 414. The number of benzene rings is 1. The van der Waals surface area contributed by atoms with Crippen LogP contribution in [0.15, 0.2) is 35.2 Å². The molecule has 0 aromatic heterocycles. The second-order valence-electron chi connectivity index (χ2n) is 4.99. The molecule has 2 N–H and O–H groups in total. The molecule has 2 amide bonds. The minimum atomic E-state index is -0.358. The first kappa shape index (κ1) is 15.2. The first-order valence-electron chi connectivity index (χ1n) is 7.14. The largest absolute Gasteiger partial charge is 0.391 e. The number of carbonyl (C=O) groups is 1. The zero-order valence-electron chi connectivity index (χ0n) is 11.6. The van der Waals surface area contributed by atoms with Gasteiger partial charge in [-0.1, -0.05) is 18.2 Å².